The lowest BCUT2D eigenvalue weighted by Crippen LogP contribution is -2.00. The van der Waals surface area contributed by atoms with E-state index in [0.29, 0.717) is 0 Å². The second-order valence-electron chi connectivity index (χ2n) is 4.36. The maximum absolute atomic E-state index is 5.79. The van der Waals surface area contributed by atoms with Gasteiger partial charge in [-0.05, 0) is 36.5 Å². The normalized spacial score (nSPS) is 19.7. The molecular weight excluding hydrogens is 230 g/mol. The molecule has 0 fully saturated rings. The van der Waals surface area contributed by atoms with E-state index in [0.717, 1.165) is 19.4 Å². The smallest absolute Gasteiger partial charge is 0.0799 e. The van der Waals surface area contributed by atoms with E-state index in [9.17, 15) is 0 Å². The maximum atomic E-state index is 5.79. The monoisotopic (exact) mass is 245 g/mol. The summed E-state index contributed by atoms with van der Waals surface area (Å²) in [6.07, 6.45) is 4.37. The van der Waals surface area contributed by atoms with Crippen LogP contribution in [0.25, 0.3) is 10.4 Å². The van der Waals surface area contributed by atoms with Gasteiger partial charge in [-0.1, -0.05) is 18.2 Å². The van der Waals surface area contributed by atoms with Gasteiger partial charge in [0.15, 0.2) is 0 Å². The van der Waals surface area contributed by atoms with Crippen LogP contribution in [0.4, 0.5) is 0 Å². The number of nitrogens with zero attached hydrogens (tertiary/aromatic N) is 1. The summed E-state index contributed by atoms with van der Waals surface area (Å²) in [5.41, 5.74) is 6.02. The number of hydrogen-bond donors (Lipinski definition) is 0. The number of ether oxygens (including phenoxy) is 1. The summed E-state index contributed by atoms with van der Waals surface area (Å²) in [4.78, 5) is 5.44. The third kappa shape index (κ3) is 2.01. The molecule has 0 saturated heterocycles. The van der Waals surface area contributed by atoms with Crippen molar-refractivity contribution in [3.05, 3.63) is 41.0 Å². The van der Waals surface area contributed by atoms with Crippen molar-refractivity contribution in [3.63, 3.8) is 0 Å². The molecule has 0 unspecified atom stereocenters. The standard InChI is InChI=1S/C14H15NOS/c1-10-11-4-2-5-13(14-8-15-9-17-14)12(11)6-3-7-16-10/h2,4-5,8-10H,3,6-7H2,1H3/t10-/m1/s1. The van der Waals surface area contributed by atoms with E-state index >= 15 is 0 Å². The maximum Gasteiger partial charge on any atom is 0.0799 e. The Bertz CT molecular complexity index is 507. The number of rotatable bonds is 1. The fraction of sp³-hybridized carbons (Fsp3) is 0.357. The topological polar surface area (TPSA) is 22.1 Å². The molecule has 0 radical (unpaired) electrons. The molecule has 17 heavy (non-hydrogen) atoms. The Hall–Kier alpha value is -1.19. The highest BCUT2D eigenvalue weighted by Gasteiger charge is 2.18. The van der Waals surface area contributed by atoms with Gasteiger partial charge in [0.25, 0.3) is 0 Å². The van der Waals surface area contributed by atoms with Crippen molar-refractivity contribution in [2.75, 3.05) is 6.61 Å². The minimum Gasteiger partial charge on any atom is -0.374 e. The van der Waals surface area contributed by atoms with Crippen molar-refractivity contribution in [3.8, 4) is 10.4 Å². The average molecular weight is 245 g/mol. The van der Waals surface area contributed by atoms with Crippen molar-refractivity contribution in [1.29, 1.82) is 0 Å². The number of hydrogen-bond acceptors (Lipinski definition) is 3. The van der Waals surface area contributed by atoms with Gasteiger partial charge in [0.2, 0.25) is 0 Å². The number of aromatic nitrogens is 1. The van der Waals surface area contributed by atoms with Gasteiger partial charge in [0.05, 0.1) is 16.5 Å². The van der Waals surface area contributed by atoms with Crippen LogP contribution in [0, 0.1) is 0 Å². The van der Waals surface area contributed by atoms with Gasteiger partial charge in [-0.2, -0.15) is 0 Å². The molecule has 0 saturated carbocycles. The molecule has 0 spiro atoms. The zero-order valence-corrected chi connectivity index (χ0v) is 10.7. The molecule has 3 rings (SSSR count). The number of benzene rings is 1. The Balaban J connectivity index is 2.15. The first kappa shape index (κ1) is 10.9. The minimum absolute atomic E-state index is 0.209. The van der Waals surface area contributed by atoms with Crippen LogP contribution < -0.4 is 0 Å². The molecule has 3 heteroatoms. The lowest BCUT2D eigenvalue weighted by molar-refractivity contribution is 0.0699. The summed E-state index contributed by atoms with van der Waals surface area (Å²) in [6, 6.07) is 6.51. The predicted molar refractivity (Wildman–Crippen MR) is 70.2 cm³/mol. The molecule has 1 aromatic heterocycles. The second kappa shape index (κ2) is 4.59. The van der Waals surface area contributed by atoms with E-state index in [1.807, 2.05) is 11.7 Å². The largest absolute Gasteiger partial charge is 0.374 e. The molecule has 0 N–H and O–H groups in total. The minimum atomic E-state index is 0.209. The highest BCUT2D eigenvalue weighted by molar-refractivity contribution is 7.13. The van der Waals surface area contributed by atoms with Crippen molar-refractivity contribution < 1.29 is 4.74 Å². The molecular formula is C14H15NOS. The molecule has 2 nitrogen and oxygen atoms in total. The van der Waals surface area contributed by atoms with Gasteiger partial charge in [-0.25, -0.2) is 0 Å². The summed E-state index contributed by atoms with van der Waals surface area (Å²) in [7, 11) is 0. The first-order chi connectivity index (χ1) is 8.36. The zero-order valence-electron chi connectivity index (χ0n) is 9.85. The Morgan fingerprint density at radius 1 is 1.41 bits per heavy atom. The first-order valence-electron chi connectivity index (χ1n) is 5.98. The Morgan fingerprint density at radius 3 is 3.18 bits per heavy atom. The Labute approximate surface area is 105 Å². The van der Waals surface area contributed by atoms with Crippen LogP contribution in [0.3, 0.4) is 0 Å². The fourth-order valence-electron chi connectivity index (χ4n) is 2.44. The van der Waals surface area contributed by atoms with Crippen LogP contribution >= 0.6 is 11.3 Å². The molecule has 0 bridgehead atoms. The van der Waals surface area contributed by atoms with Gasteiger partial charge in [-0.3, -0.25) is 4.98 Å². The highest BCUT2D eigenvalue weighted by atomic mass is 32.1. The van der Waals surface area contributed by atoms with Gasteiger partial charge < -0.3 is 4.74 Å². The van der Waals surface area contributed by atoms with E-state index in [4.69, 9.17) is 4.74 Å². The van der Waals surface area contributed by atoms with Gasteiger partial charge in [0, 0.05) is 12.8 Å². The van der Waals surface area contributed by atoms with Crippen molar-refractivity contribution in [2.45, 2.75) is 25.9 Å². The van der Waals surface area contributed by atoms with Gasteiger partial charge in [-0.15, -0.1) is 11.3 Å². The van der Waals surface area contributed by atoms with Crippen LogP contribution in [-0.2, 0) is 11.2 Å². The second-order valence-corrected chi connectivity index (χ2v) is 5.24. The molecule has 0 amide bonds. The highest BCUT2D eigenvalue weighted by Crippen LogP contribution is 2.35. The van der Waals surface area contributed by atoms with Crippen LogP contribution in [0.2, 0.25) is 0 Å². The molecule has 1 aliphatic heterocycles. The van der Waals surface area contributed by atoms with Crippen molar-refractivity contribution >= 4 is 11.3 Å². The molecule has 2 heterocycles. The van der Waals surface area contributed by atoms with Crippen LogP contribution in [0.1, 0.15) is 30.6 Å². The molecule has 2 aromatic rings. The lowest BCUT2D eigenvalue weighted by Gasteiger charge is -2.15. The number of fused-ring (bicyclic) bond motifs is 1. The third-order valence-electron chi connectivity index (χ3n) is 3.29. The van der Waals surface area contributed by atoms with Crippen LogP contribution in [0.5, 0.6) is 0 Å². The SMILES string of the molecule is C[C@H]1OCCCc2c(-c3cncs3)cccc21. The first-order valence-corrected chi connectivity index (χ1v) is 6.86. The summed E-state index contributed by atoms with van der Waals surface area (Å²) in [5, 5.41) is 0. The lowest BCUT2D eigenvalue weighted by atomic mass is 9.94. The summed E-state index contributed by atoms with van der Waals surface area (Å²) in [5.74, 6) is 0. The van der Waals surface area contributed by atoms with E-state index in [1.165, 1.54) is 21.6 Å². The summed E-state index contributed by atoms with van der Waals surface area (Å²) < 4.78 is 5.79. The van der Waals surface area contributed by atoms with Crippen molar-refractivity contribution in [2.24, 2.45) is 0 Å². The van der Waals surface area contributed by atoms with E-state index in [1.54, 1.807) is 11.3 Å². The molecule has 0 aliphatic carbocycles. The molecule has 1 aliphatic rings. The average Bonchev–Trinajstić information content (AvgIpc) is 2.81. The van der Waals surface area contributed by atoms with Gasteiger partial charge >= 0.3 is 0 Å². The van der Waals surface area contributed by atoms with E-state index in [-0.39, 0.29) is 6.10 Å². The Kier molecular flexibility index (Phi) is 2.95. The van der Waals surface area contributed by atoms with Crippen LogP contribution in [-0.4, -0.2) is 11.6 Å². The van der Waals surface area contributed by atoms with Crippen LogP contribution in [0.15, 0.2) is 29.9 Å². The predicted octanol–water partition coefficient (Wildman–Crippen LogP) is 3.83. The molecule has 88 valence electrons. The number of thiazole rings is 1. The Morgan fingerprint density at radius 2 is 2.35 bits per heavy atom. The third-order valence-corrected chi connectivity index (χ3v) is 4.09. The van der Waals surface area contributed by atoms with Crippen molar-refractivity contribution in [1.82, 2.24) is 4.98 Å². The molecule has 1 aromatic carbocycles. The zero-order chi connectivity index (χ0) is 11.7. The molecule has 1 atom stereocenters. The summed E-state index contributed by atoms with van der Waals surface area (Å²) in [6.45, 7) is 3.00. The van der Waals surface area contributed by atoms with E-state index < -0.39 is 0 Å². The fourth-order valence-corrected chi connectivity index (χ4v) is 3.12. The quantitative estimate of drug-likeness (QED) is 0.761. The van der Waals surface area contributed by atoms with Gasteiger partial charge in [0.1, 0.15) is 0 Å². The summed E-state index contributed by atoms with van der Waals surface area (Å²) >= 11 is 1.70. The van der Waals surface area contributed by atoms with E-state index in [2.05, 4.69) is 30.1 Å².